The molecule has 0 spiro atoms. The highest BCUT2D eigenvalue weighted by Crippen LogP contribution is 2.31. The summed E-state index contributed by atoms with van der Waals surface area (Å²) in [5.74, 6) is -0.430. The number of halogens is 2. The maximum Gasteiger partial charge on any atom is 0.419 e. The molecule has 0 saturated carbocycles. The van der Waals surface area contributed by atoms with Crippen molar-refractivity contribution in [3.8, 4) is 0 Å². The zero-order valence-electron chi connectivity index (χ0n) is 11.0. The lowest BCUT2D eigenvalue weighted by Crippen LogP contribution is -2.08. The fourth-order valence-electron chi connectivity index (χ4n) is 2.22. The average molecular weight is 369 g/mol. The Morgan fingerprint density at radius 3 is 2.81 bits per heavy atom. The molecule has 0 aliphatic rings. The van der Waals surface area contributed by atoms with Gasteiger partial charge in [-0.05, 0) is 35.9 Å². The third-order valence-corrected chi connectivity index (χ3v) is 4.34. The largest absolute Gasteiger partial charge is 0.419 e. The minimum atomic E-state index is -0.868. The maximum absolute atomic E-state index is 11.5. The maximum atomic E-state index is 11.5. The number of rotatable bonds is 2. The smallest absolute Gasteiger partial charge is 0.408 e. The van der Waals surface area contributed by atoms with Crippen LogP contribution in [0.3, 0.4) is 0 Å². The van der Waals surface area contributed by atoms with E-state index < -0.39 is 11.9 Å². The van der Waals surface area contributed by atoms with Gasteiger partial charge in [-0.1, -0.05) is 33.6 Å². The zero-order chi connectivity index (χ0) is 15.1. The second-order valence-electron chi connectivity index (χ2n) is 4.72. The third kappa shape index (κ3) is 2.52. The van der Waals surface area contributed by atoms with Gasteiger partial charge in [0.25, 0.3) is 0 Å². The lowest BCUT2D eigenvalue weighted by molar-refractivity contribution is 0.219. The first-order chi connectivity index (χ1) is 9.97. The predicted octanol–water partition coefficient (Wildman–Crippen LogP) is 3.63. The SMILES string of the molecule is Cn1c(=O)oc2cc(C(O)c3cc(Cl)ccc3Br)ccc21. The molecule has 0 aliphatic heterocycles. The lowest BCUT2D eigenvalue weighted by atomic mass is 10.0. The number of aliphatic hydroxyl groups excluding tert-OH is 1. The van der Waals surface area contributed by atoms with Crippen LogP contribution in [0.4, 0.5) is 0 Å². The Morgan fingerprint density at radius 1 is 1.29 bits per heavy atom. The molecule has 1 atom stereocenters. The summed E-state index contributed by atoms with van der Waals surface area (Å²) in [6.07, 6.45) is -0.868. The van der Waals surface area contributed by atoms with E-state index in [4.69, 9.17) is 16.0 Å². The van der Waals surface area contributed by atoms with Crippen molar-refractivity contribution in [2.45, 2.75) is 6.10 Å². The van der Waals surface area contributed by atoms with E-state index in [2.05, 4.69) is 15.9 Å². The highest BCUT2D eigenvalue weighted by Gasteiger charge is 2.16. The van der Waals surface area contributed by atoms with Gasteiger partial charge in [0.2, 0.25) is 0 Å². The molecule has 3 aromatic rings. The van der Waals surface area contributed by atoms with Crippen LogP contribution in [0, 0.1) is 0 Å². The van der Waals surface area contributed by atoms with Gasteiger partial charge in [0, 0.05) is 22.1 Å². The molecule has 1 heterocycles. The van der Waals surface area contributed by atoms with Gasteiger partial charge in [-0.15, -0.1) is 0 Å². The molecule has 0 amide bonds. The quantitative estimate of drug-likeness (QED) is 0.751. The van der Waals surface area contributed by atoms with E-state index in [9.17, 15) is 9.90 Å². The summed E-state index contributed by atoms with van der Waals surface area (Å²) in [6.45, 7) is 0. The van der Waals surface area contributed by atoms with Gasteiger partial charge in [0.1, 0.15) is 6.10 Å². The number of hydrogen-bond donors (Lipinski definition) is 1. The molecule has 0 fully saturated rings. The summed E-state index contributed by atoms with van der Waals surface area (Å²) in [6, 6.07) is 10.4. The first kappa shape index (κ1) is 14.4. The number of nitrogens with zero attached hydrogens (tertiary/aromatic N) is 1. The standard InChI is InChI=1S/C15H11BrClNO3/c1-18-12-5-2-8(6-13(12)21-15(18)20)14(19)10-7-9(17)3-4-11(10)16/h2-7,14,19H,1H3. The van der Waals surface area contributed by atoms with Gasteiger partial charge in [0.05, 0.1) is 5.52 Å². The monoisotopic (exact) mass is 367 g/mol. The van der Waals surface area contributed by atoms with Crippen LogP contribution in [-0.2, 0) is 7.05 Å². The van der Waals surface area contributed by atoms with Crippen LogP contribution in [0.15, 0.2) is 50.1 Å². The molecule has 1 N–H and O–H groups in total. The van der Waals surface area contributed by atoms with E-state index in [-0.39, 0.29) is 0 Å². The number of aliphatic hydroxyl groups is 1. The van der Waals surface area contributed by atoms with E-state index >= 15 is 0 Å². The van der Waals surface area contributed by atoms with Crippen molar-refractivity contribution in [2.24, 2.45) is 7.05 Å². The first-order valence-electron chi connectivity index (χ1n) is 6.20. The van der Waals surface area contributed by atoms with Crippen LogP contribution in [0.1, 0.15) is 17.2 Å². The van der Waals surface area contributed by atoms with Gasteiger partial charge < -0.3 is 9.52 Å². The molecule has 4 nitrogen and oxygen atoms in total. The Balaban J connectivity index is 2.11. The molecule has 21 heavy (non-hydrogen) atoms. The molecule has 0 aliphatic carbocycles. The van der Waals surface area contributed by atoms with Crippen molar-refractivity contribution >= 4 is 38.6 Å². The minimum absolute atomic E-state index is 0.430. The first-order valence-corrected chi connectivity index (χ1v) is 7.37. The van der Waals surface area contributed by atoms with Gasteiger partial charge in [-0.25, -0.2) is 4.79 Å². The molecule has 6 heteroatoms. The third-order valence-electron chi connectivity index (χ3n) is 3.38. The molecule has 3 rings (SSSR count). The Hall–Kier alpha value is -1.56. The summed E-state index contributed by atoms with van der Waals surface area (Å²) in [4.78, 5) is 11.5. The summed E-state index contributed by atoms with van der Waals surface area (Å²) in [5.41, 5.74) is 2.40. The van der Waals surface area contributed by atoms with Crippen molar-refractivity contribution < 1.29 is 9.52 Å². The van der Waals surface area contributed by atoms with Crippen LogP contribution in [0.2, 0.25) is 5.02 Å². The van der Waals surface area contributed by atoms with E-state index in [1.807, 2.05) is 0 Å². The van der Waals surface area contributed by atoms with E-state index in [1.54, 1.807) is 43.4 Å². The fourth-order valence-corrected chi connectivity index (χ4v) is 2.87. The molecule has 0 radical (unpaired) electrons. The summed E-state index contributed by atoms with van der Waals surface area (Å²) >= 11 is 9.37. The average Bonchev–Trinajstić information content (AvgIpc) is 2.75. The van der Waals surface area contributed by atoms with Crippen LogP contribution in [-0.4, -0.2) is 9.67 Å². The van der Waals surface area contributed by atoms with Crippen LogP contribution < -0.4 is 5.76 Å². The van der Waals surface area contributed by atoms with Crippen LogP contribution in [0.5, 0.6) is 0 Å². The number of oxazole rings is 1. The Morgan fingerprint density at radius 2 is 2.05 bits per heavy atom. The highest BCUT2D eigenvalue weighted by molar-refractivity contribution is 9.10. The molecule has 1 aromatic heterocycles. The van der Waals surface area contributed by atoms with Crippen molar-refractivity contribution in [2.75, 3.05) is 0 Å². The summed E-state index contributed by atoms with van der Waals surface area (Å²) in [5, 5.41) is 11.1. The van der Waals surface area contributed by atoms with Gasteiger partial charge in [-0.2, -0.15) is 0 Å². The molecule has 0 bridgehead atoms. The summed E-state index contributed by atoms with van der Waals surface area (Å²) in [7, 11) is 1.64. The van der Waals surface area contributed by atoms with Gasteiger partial charge in [-0.3, -0.25) is 4.57 Å². The Bertz CT molecular complexity index is 884. The summed E-state index contributed by atoms with van der Waals surface area (Å²) < 4.78 is 7.31. The van der Waals surface area contributed by atoms with Crippen LogP contribution >= 0.6 is 27.5 Å². The highest BCUT2D eigenvalue weighted by atomic mass is 79.9. The number of hydrogen-bond acceptors (Lipinski definition) is 3. The fraction of sp³-hybridized carbons (Fsp3) is 0.133. The molecule has 1 unspecified atom stereocenters. The van der Waals surface area contributed by atoms with Crippen LogP contribution in [0.25, 0.3) is 11.1 Å². The molecule has 2 aromatic carbocycles. The Labute approximate surface area is 133 Å². The Kier molecular flexibility index (Phi) is 3.65. The number of aromatic nitrogens is 1. The molecular weight excluding hydrogens is 358 g/mol. The molecular formula is C15H11BrClNO3. The van der Waals surface area contributed by atoms with E-state index in [1.165, 1.54) is 4.57 Å². The van der Waals surface area contributed by atoms with E-state index in [0.717, 1.165) is 4.47 Å². The van der Waals surface area contributed by atoms with Gasteiger partial charge >= 0.3 is 5.76 Å². The number of benzene rings is 2. The van der Waals surface area contributed by atoms with E-state index in [0.29, 0.717) is 27.2 Å². The topological polar surface area (TPSA) is 55.4 Å². The van der Waals surface area contributed by atoms with Gasteiger partial charge in [0.15, 0.2) is 5.58 Å². The van der Waals surface area contributed by atoms with Crippen molar-refractivity contribution in [1.29, 1.82) is 0 Å². The molecule has 0 saturated heterocycles. The zero-order valence-corrected chi connectivity index (χ0v) is 13.4. The second-order valence-corrected chi connectivity index (χ2v) is 6.01. The van der Waals surface area contributed by atoms with Crippen molar-refractivity contribution in [3.05, 3.63) is 67.6 Å². The molecule has 108 valence electrons. The van der Waals surface area contributed by atoms with Crippen molar-refractivity contribution in [3.63, 3.8) is 0 Å². The number of fused-ring (bicyclic) bond motifs is 1. The lowest BCUT2D eigenvalue weighted by Gasteiger charge is -2.13. The minimum Gasteiger partial charge on any atom is -0.408 e. The number of aryl methyl sites for hydroxylation is 1. The normalized spacial score (nSPS) is 12.8. The predicted molar refractivity (Wildman–Crippen MR) is 84.7 cm³/mol. The van der Waals surface area contributed by atoms with Crippen molar-refractivity contribution in [1.82, 2.24) is 4.57 Å². The second kappa shape index (κ2) is 5.33.